The minimum atomic E-state index is 0. The second-order valence-electron chi connectivity index (χ2n) is 2.56. The summed E-state index contributed by atoms with van der Waals surface area (Å²) in [6.45, 7) is 7.19. The van der Waals surface area contributed by atoms with E-state index >= 15 is 0 Å². The van der Waals surface area contributed by atoms with Crippen molar-refractivity contribution in [1.29, 1.82) is 0 Å². The number of rotatable bonds is 3. The van der Waals surface area contributed by atoms with E-state index in [4.69, 9.17) is 0 Å². The van der Waals surface area contributed by atoms with Gasteiger partial charge in [0.25, 0.3) is 0 Å². The van der Waals surface area contributed by atoms with E-state index in [1.54, 1.807) is 0 Å². The van der Waals surface area contributed by atoms with Gasteiger partial charge in [0.05, 0.1) is 0 Å². The van der Waals surface area contributed by atoms with Crippen LogP contribution in [0.1, 0.15) is 20.8 Å². The molecule has 9 heavy (non-hydrogen) atoms. The van der Waals surface area contributed by atoms with Crippen LogP contribution in [0.25, 0.3) is 0 Å². The molecule has 0 saturated carbocycles. The predicted octanol–water partition coefficient (Wildman–Crippen LogP) is -1.10. The molecule has 0 aromatic rings. The van der Waals surface area contributed by atoms with Gasteiger partial charge < -0.3 is 0 Å². The molecule has 0 aliphatic carbocycles. The molecule has 0 bridgehead atoms. The first-order chi connectivity index (χ1) is 3.35. The Hall–Kier alpha value is 0.727. The van der Waals surface area contributed by atoms with Crippen LogP contribution in [-0.2, 0) is 0 Å². The first-order valence-electron chi connectivity index (χ1n) is 3.62. The van der Waals surface area contributed by atoms with Crippen molar-refractivity contribution in [2.24, 2.45) is 0 Å². The smallest absolute Gasteiger partial charge is 0.184 e. The Kier molecular flexibility index (Phi) is 20.9. The summed E-state index contributed by atoms with van der Waals surface area (Å²) >= 11 is 0. The molecule has 0 spiro atoms. The van der Waals surface area contributed by atoms with Gasteiger partial charge in [-0.25, -0.2) is 0 Å². The number of hydrogen-bond acceptors (Lipinski definition) is 0. The van der Waals surface area contributed by atoms with E-state index in [-0.39, 0.29) is 27.3 Å². The van der Waals surface area contributed by atoms with Crippen LogP contribution in [0.5, 0.6) is 0 Å². The summed E-state index contributed by atoms with van der Waals surface area (Å²) in [6, 6.07) is 0. The fraction of sp³-hybridized carbons (Fsp3) is 1.00. The molecule has 3 heteroatoms. The van der Waals surface area contributed by atoms with Gasteiger partial charge in [0.1, 0.15) is 0 Å². The van der Waals surface area contributed by atoms with Crippen LogP contribution < -0.4 is 18.9 Å². The van der Waals surface area contributed by atoms with E-state index in [9.17, 15) is 0 Å². The largest absolute Gasteiger partial charge is 1.00 e. The quantitative estimate of drug-likeness (QED) is 0.411. The first-order valence-corrected chi connectivity index (χ1v) is 3.62. The van der Waals surface area contributed by atoms with E-state index in [1.807, 2.05) is 0 Å². The minimum absolute atomic E-state index is 0. The molecule has 0 aliphatic heterocycles. The summed E-state index contributed by atoms with van der Waals surface area (Å²) in [4.78, 5) is 0. The molecule has 0 fully saturated rings. The van der Waals surface area contributed by atoms with Crippen molar-refractivity contribution in [1.82, 2.24) is 0 Å². The zero-order chi connectivity index (χ0) is 5.70. The van der Waals surface area contributed by atoms with Crippen LogP contribution in [0.15, 0.2) is 0 Å². The Morgan fingerprint density at radius 3 is 1.11 bits per heavy atom. The van der Waals surface area contributed by atoms with Gasteiger partial charge in [-0.05, 0) is 6.71 Å². The van der Waals surface area contributed by atoms with Crippen molar-refractivity contribution >= 4 is 15.1 Å². The standard InChI is InChI=1S/C6H16B.B.Li/c1-4-7(5-2)6-3;;/h7H,4-6H2,1-3H3;;/q-1;;+1. The maximum Gasteiger partial charge on any atom is 1.00 e. The molecule has 0 nitrogen and oxygen atoms in total. The van der Waals surface area contributed by atoms with Crippen molar-refractivity contribution in [2.75, 3.05) is 0 Å². The Bertz CT molecular complexity index is 32.5. The van der Waals surface area contributed by atoms with E-state index < -0.39 is 0 Å². The van der Waals surface area contributed by atoms with E-state index in [0.29, 0.717) is 6.71 Å². The Morgan fingerprint density at radius 1 is 0.889 bits per heavy atom. The van der Waals surface area contributed by atoms with Crippen LogP contribution in [0.3, 0.4) is 0 Å². The molecule has 0 rings (SSSR count). The van der Waals surface area contributed by atoms with Crippen LogP contribution >= 0.6 is 0 Å². The molecular formula is C6H16B2Li. The molecule has 0 aromatic heterocycles. The summed E-state index contributed by atoms with van der Waals surface area (Å²) in [7, 11) is 0. The zero-order valence-corrected chi connectivity index (χ0v) is 7.41. The Morgan fingerprint density at radius 2 is 1.11 bits per heavy atom. The molecule has 3 radical (unpaired) electrons. The van der Waals surface area contributed by atoms with E-state index in [1.165, 1.54) is 19.0 Å². The second kappa shape index (κ2) is 11.5. The minimum Gasteiger partial charge on any atom is -0.184 e. The van der Waals surface area contributed by atoms with Crippen LogP contribution in [0.2, 0.25) is 19.0 Å². The monoisotopic (exact) mass is 117 g/mol. The van der Waals surface area contributed by atoms with Gasteiger partial charge >= 0.3 is 18.9 Å². The molecule has 0 N–H and O–H groups in total. The molecule has 47 valence electrons. The molecule has 0 amide bonds. The second-order valence-corrected chi connectivity index (χ2v) is 2.56. The SMILES string of the molecule is CC[BH-](CC)CC.[B].[Li+]. The Balaban J connectivity index is -0.000000180. The van der Waals surface area contributed by atoms with Gasteiger partial charge in [-0.15, -0.1) is 0 Å². The van der Waals surface area contributed by atoms with Gasteiger partial charge in [0, 0.05) is 8.41 Å². The van der Waals surface area contributed by atoms with Gasteiger partial charge in [0.15, 0.2) is 0 Å². The Labute approximate surface area is 74.0 Å². The third-order valence-corrected chi connectivity index (χ3v) is 2.12. The van der Waals surface area contributed by atoms with Gasteiger partial charge in [0.2, 0.25) is 0 Å². The van der Waals surface area contributed by atoms with Crippen molar-refractivity contribution in [2.45, 2.75) is 39.7 Å². The zero-order valence-electron chi connectivity index (χ0n) is 7.41. The summed E-state index contributed by atoms with van der Waals surface area (Å²) in [5, 5.41) is 0. The van der Waals surface area contributed by atoms with Crippen LogP contribution in [0, 0.1) is 0 Å². The maximum atomic E-state index is 2.30. The average molecular weight is 117 g/mol. The summed E-state index contributed by atoms with van der Waals surface area (Å²) in [5.41, 5.74) is 0. The fourth-order valence-corrected chi connectivity index (χ4v) is 1.06. The maximum absolute atomic E-state index is 2.30. The molecular weight excluding hydrogens is 101 g/mol. The third kappa shape index (κ3) is 8.73. The van der Waals surface area contributed by atoms with E-state index in [2.05, 4.69) is 20.8 Å². The van der Waals surface area contributed by atoms with Crippen LogP contribution in [0.4, 0.5) is 0 Å². The molecule has 0 saturated heterocycles. The van der Waals surface area contributed by atoms with Crippen molar-refractivity contribution < 1.29 is 18.9 Å². The summed E-state index contributed by atoms with van der Waals surface area (Å²) < 4.78 is 0. The third-order valence-electron chi connectivity index (χ3n) is 2.12. The molecule has 0 aliphatic rings. The first kappa shape index (κ1) is 16.4. The van der Waals surface area contributed by atoms with Gasteiger partial charge in [-0.1, -0.05) is 20.8 Å². The molecule has 0 aromatic carbocycles. The van der Waals surface area contributed by atoms with Crippen molar-refractivity contribution in [3.05, 3.63) is 0 Å². The summed E-state index contributed by atoms with van der Waals surface area (Å²) in [6.07, 6.45) is 4.31. The van der Waals surface area contributed by atoms with Crippen molar-refractivity contribution in [3.8, 4) is 0 Å². The van der Waals surface area contributed by atoms with E-state index in [0.717, 1.165) is 0 Å². The molecule has 0 unspecified atom stereocenters. The predicted molar refractivity (Wildman–Crippen MR) is 44.3 cm³/mol. The normalized spacial score (nSPS) is 8.00. The molecule has 0 atom stereocenters. The fourth-order valence-electron chi connectivity index (χ4n) is 1.06. The van der Waals surface area contributed by atoms with Crippen LogP contribution in [-0.4, -0.2) is 15.1 Å². The number of hydrogen-bond donors (Lipinski definition) is 0. The van der Waals surface area contributed by atoms with Gasteiger partial charge in [-0.3, -0.25) is 0 Å². The van der Waals surface area contributed by atoms with Gasteiger partial charge in [-0.2, -0.15) is 19.0 Å². The average Bonchev–Trinajstić information content (AvgIpc) is 1.72. The summed E-state index contributed by atoms with van der Waals surface area (Å²) in [5.74, 6) is 0. The van der Waals surface area contributed by atoms with Crippen molar-refractivity contribution in [3.63, 3.8) is 0 Å². The topological polar surface area (TPSA) is 0 Å². The molecule has 0 heterocycles.